The van der Waals surface area contributed by atoms with Gasteiger partial charge < -0.3 is 10.2 Å². The fourth-order valence-corrected chi connectivity index (χ4v) is 3.96. The van der Waals surface area contributed by atoms with Crippen LogP contribution < -0.4 is 5.32 Å². The van der Waals surface area contributed by atoms with Crippen LogP contribution in [0.15, 0.2) is 29.5 Å². The second-order valence-electron chi connectivity index (χ2n) is 6.34. The van der Waals surface area contributed by atoms with E-state index >= 15 is 0 Å². The zero-order chi connectivity index (χ0) is 16.9. The maximum atomic E-state index is 12.1. The quantitative estimate of drug-likeness (QED) is 0.416. The molecule has 136 valence electrons. The van der Waals surface area contributed by atoms with Crippen LogP contribution in [0.1, 0.15) is 26.3 Å². The van der Waals surface area contributed by atoms with Crippen molar-refractivity contribution in [2.45, 2.75) is 31.9 Å². The van der Waals surface area contributed by atoms with Crippen LogP contribution in [0.5, 0.6) is 0 Å². The van der Waals surface area contributed by atoms with Gasteiger partial charge in [-0.15, -0.1) is 24.0 Å². The summed E-state index contributed by atoms with van der Waals surface area (Å²) >= 11 is 0. The fraction of sp³-hybridized carbons (Fsp3) is 0.625. The minimum absolute atomic E-state index is 0. The lowest BCUT2D eigenvalue weighted by molar-refractivity contribution is 0.353. The molecule has 0 radical (unpaired) electrons. The molecule has 0 amide bonds. The van der Waals surface area contributed by atoms with E-state index < -0.39 is 14.6 Å². The highest BCUT2D eigenvalue weighted by atomic mass is 127. The van der Waals surface area contributed by atoms with Crippen LogP contribution in [-0.2, 0) is 16.3 Å². The zero-order valence-electron chi connectivity index (χ0n) is 14.5. The van der Waals surface area contributed by atoms with Gasteiger partial charge in [0.05, 0.1) is 10.5 Å². The molecular weight excluding hydrogens is 439 g/mol. The first-order chi connectivity index (χ1) is 10.9. The van der Waals surface area contributed by atoms with Gasteiger partial charge in [-0.3, -0.25) is 9.98 Å². The first kappa shape index (κ1) is 21.1. The molecule has 6 nitrogen and oxygen atoms in total. The van der Waals surface area contributed by atoms with Crippen LogP contribution in [0.2, 0.25) is 0 Å². The average Bonchev–Trinajstić information content (AvgIpc) is 2.50. The van der Waals surface area contributed by atoms with Gasteiger partial charge in [-0.05, 0) is 44.9 Å². The molecule has 0 saturated carbocycles. The Labute approximate surface area is 162 Å². The fourth-order valence-electron chi connectivity index (χ4n) is 2.59. The van der Waals surface area contributed by atoms with Gasteiger partial charge in [0.15, 0.2) is 15.8 Å². The molecule has 1 aliphatic rings. The summed E-state index contributed by atoms with van der Waals surface area (Å²) < 4.78 is 23.5. The SMILES string of the molecule is CCNC(=NCCc1ccncc1)N1CCS(=O)(=O)C(C)(C)C1.I. The van der Waals surface area contributed by atoms with Crippen LogP contribution in [0.3, 0.4) is 0 Å². The summed E-state index contributed by atoms with van der Waals surface area (Å²) in [5.41, 5.74) is 1.20. The molecule has 0 atom stereocenters. The van der Waals surface area contributed by atoms with Crippen molar-refractivity contribution in [1.82, 2.24) is 15.2 Å². The summed E-state index contributed by atoms with van der Waals surface area (Å²) in [6, 6.07) is 3.97. The normalized spacial score (nSPS) is 19.5. The molecule has 24 heavy (non-hydrogen) atoms. The van der Waals surface area contributed by atoms with Gasteiger partial charge in [0.25, 0.3) is 0 Å². The van der Waals surface area contributed by atoms with E-state index in [9.17, 15) is 8.42 Å². The topological polar surface area (TPSA) is 74.7 Å². The van der Waals surface area contributed by atoms with Crippen LogP contribution >= 0.6 is 24.0 Å². The summed E-state index contributed by atoms with van der Waals surface area (Å²) in [4.78, 5) is 10.7. The van der Waals surface area contributed by atoms with Crippen molar-refractivity contribution in [3.8, 4) is 0 Å². The number of hydrogen-bond donors (Lipinski definition) is 1. The van der Waals surface area contributed by atoms with Crippen molar-refractivity contribution < 1.29 is 8.42 Å². The van der Waals surface area contributed by atoms with E-state index in [1.165, 1.54) is 5.56 Å². The third-order valence-corrected chi connectivity index (χ3v) is 6.62. The maximum Gasteiger partial charge on any atom is 0.194 e. The van der Waals surface area contributed by atoms with Gasteiger partial charge in [-0.2, -0.15) is 0 Å². The zero-order valence-corrected chi connectivity index (χ0v) is 17.7. The van der Waals surface area contributed by atoms with Crippen LogP contribution in [-0.4, -0.2) is 60.9 Å². The molecule has 1 aromatic heterocycles. The van der Waals surface area contributed by atoms with Gasteiger partial charge in [-0.25, -0.2) is 8.42 Å². The van der Waals surface area contributed by atoms with Crippen LogP contribution in [0.4, 0.5) is 0 Å². The molecule has 2 heterocycles. The number of hydrogen-bond acceptors (Lipinski definition) is 4. The van der Waals surface area contributed by atoms with Crippen molar-refractivity contribution in [1.29, 1.82) is 0 Å². The number of aliphatic imine (C=N–C) groups is 1. The third-order valence-electron chi connectivity index (χ3n) is 4.09. The lowest BCUT2D eigenvalue weighted by Gasteiger charge is -2.39. The number of halogens is 1. The second-order valence-corrected chi connectivity index (χ2v) is 9.08. The van der Waals surface area contributed by atoms with Gasteiger partial charge in [0, 0.05) is 38.6 Å². The molecular formula is C16H27IN4O2S. The Balaban J connectivity index is 0.00000288. The Kier molecular flexibility index (Phi) is 7.91. The average molecular weight is 466 g/mol. The first-order valence-electron chi connectivity index (χ1n) is 8.00. The van der Waals surface area contributed by atoms with E-state index in [4.69, 9.17) is 0 Å². The number of guanidine groups is 1. The highest BCUT2D eigenvalue weighted by Crippen LogP contribution is 2.23. The van der Waals surface area contributed by atoms with Crippen molar-refractivity contribution >= 4 is 39.8 Å². The van der Waals surface area contributed by atoms with E-state index in [2.05, 4.69) is 20.2 Å². The van der Waals surface area contributed by atoms with Gasteiger partial charge in [0.1, 0.15) is 0 Å². The molecule has 1 saturated heterocycles. The Hall–Kier alpha value is -0.900. The monoisotopic (exact) mass is 466 g/mol. The number of aromatic nitrogens is 1. The predicted molar refractivity (Wildman–Crippen MR) is 109 cm³/mol. The van der Waals surface area contributed by atoms with Gasteiger partial charge in [0.2, 0.25) is 0 Å². The molecule has 1 aliphatic heterocycles. The molecule has 2 rings (SSSR count). The van der Waals surface area contributed by atoms with E-state index in [-0.39, 0.29) is 29.7 Å². The summed E-state index contributed by atoms with van der Waals surface area (Å²) in [6.07, 6.45) is 4.40. The number of nitrogens with zero attached hydrogens (tertiary/aromatic N) is 3. The Morgan fingerprint density at radius 1 is 1.38 bits per heavy atom. The van der Waals surface area contributed by atoms with E-state index in [1.54, 1.807) is 26.2 Å². The smallest absolute Gasteiger partial charge is 0.194 e. The van der Waals surface area contributed by atoms with Crippen LogP contribution in [0.25, 0.3) is 0 Å². The molecule has 0 aliphatic carbocycles. The van der Waals surface area contributed by atoms with Crippen molar-refractivity contribution in [3.05, 3.63) is 30.1 Å². The summed E-state index contributed by atoms with van der Waals surface area (Å²) in [7, 11) is -3.04. The standard InChI is InChI=1S/C16H26N4O2S.HI/c1-4-18-15(19-10-7-14-5-8-17-9-6-14)20-11-12-23(21,22)16(2,3)13-20;/h5-6,8-9H,4,7,10-13H2,1-3H3,(H,18,19);1H. The minimum atomic E-state index is -3.04. The second kappa shape index (κ2) is 8.98. The maximum absolute atomic E-state index is 12.1. The Morgan fingerprint density at radius 3 is 2.62 bits per heavy atom. The molecule has 1 fully saturated rings. The highest BCUT2D eigenvalue weighted by Gasteiger charge is 2.40. The van der Waals surface area contributed by atoms with E-state index in [0.29, 0.717) is 19.6 Å². The Morgan fingerprint density at radius 2 is 2.04 bits per heavy atom. The molecule has 0 bridgehead atoms. The summed E-state index contributed by atoms with van der Waals surface area (Å²) in [5.74, 6) is 0.971. The molecule has 1 aromatic rings. The first-order valence-corrected chi connectivity index (χ1v) is 9.65. The number of sulfone groups is 1. The minimum Gasteiger partial charge on any atom is -0.357 e. The van der Waals surface area contributed by atoms with E-state index in [0.717, 1.165) is 18.9 Å². The van der Waals surface area contributed by atoms with Crippen molar-refractivity contribution in [2.24, 2.45) is 4.99 Å². The Bertz CT molecular complexity index is 647. The number of nitrogens with one attached hydrogen (secondary N) is 1. The van der Waals surface area contributed by atoms with Crippen molar-refractivity contribution in [3.63, 3.8) is 0 Å². The number of pyridine rings is 1. The van der Waals surface area contributed by atoms with E-state index in [1.807, 2.05) is 19.1 Å². The molecule has 8 heteroatoms. The van der Waals surface area contributed by atoms with Crippen molar-refractivity contribution in [2.75, 3.05) is 31.9 Å². The number of rotatable bonds is 4. The predicted octanol–water partition coefficient (Wildman–Crippen LogP) is 1.72. The molecule has 1 N–H and O–H groups in total. The molecule has 0 spiro atoms. The lowest BCUT2D eigenvalue weighted by atomic mass is 10.2. The van der Waals surface area contributed by atoms with Crippen LogP contribution in [0, 0.1) is 0 Å². The van der Waals surface area contributed by atoms with Gasteiger partial charge in [-0.1, -0.05) is 0 Å². The lowest BCUT2D eigenvalue weighted by Crippen LogP contribution is -2.57. The summed E-state index contributed by atoms with van der Waals surface area (Å²) in [5, 5.41) is 3.27. The molecule has 0 aromatic carbocycles. The molecule has 0 unspecified atom stereocenters. The summed E-state index contributed by atoms with van der Waals surface area (Å²) in [6.45, 7) is 7.98. The highest BCUT2D eigenvalue weighted by molar-refractivity contribution is 14.0. The third kappa shape index (κ3) is 5.30. The largest absolute Gasteiger partial charge is 0.357 e. The van der Waals surface area contributed by atoms with Gasteiger partial charge >= 0.3 is 0 Å².